The monoisotopic (exact) mass is 462 g/mol. The predicted octanol–water partition coefficient (Wildman–Crippen LogP) is 5.25. The van der Waals surface area contributed by atoms with Crippen molar-refractivity contribution in [2.24, 2.45) is 4.99 Å². The average molecular weight is 463 g/mol. The number of esters is 1. The number of benzene rings is 3. The van der Waals surface area contributed by atoms with Gasteiger partial charge in [0.1, 0.15) is 5.82 Å². The lowest BCUT2D eigenvalue weighted by atomic mass is 10.1. The first kappa shape index (κ1) is 22.3. The fourth-order valence-corrected chi connectivity index (χ4v) is 3.87. The maximum Gasteiger partial charge on any atom is 0.343 e. The van der Waals surface area contributed by atoms with Gasteiger partial charge in [-0.3, -0.25) is 4.79 Å². The molecule has 1 N–H and O–H groups in total. The number of nitrogens with one attached hydrogen (secondary N) is 1. The molecular weight excluding hydrogens is 443 g/mol. The zero-order chi connectivity index (χ0) is 23.4. The van der Waals surface area contributed by atoms with Crippen LogP contribution in [0, 0.1) is 12.7 Å². The van der Waals surface area contributed by atoms with Crippen LogP contribution < -0.4 is 14.8 Å². The molecule has 0 atom stereocenters. The van der Waals surface area contributed by atoms with E-state index in [9.17, 15) is 14.0 Å². The van der Waals surface area contributed by atoms with Gasteiger partial charge in [0.15, 0.2) is 16.7 Å². The number of nitrogens with zero attached hydrogens (tertiary/aromatic N) is 1. The van der Waals surface area contributed by atoms with Crippen molar-refractivity contribution in [2.45, 2.75) is 6.92 Å². The number of ether oxygens (including phenoxy) is 2. The second kappa shape index (κ2) is 9.70. The van der Waals surface area contributed by atoms with Crippen LogP contribution in [0.5, 0.6) is 11.5 Å². The average Bonchev–Trinajstić information content (AvgIpc) is 3.15. The van der Waals surface area contributed by atoms with Gasteiger partial charge in [-0.05, 0) is 78.4 Å². The van der Waals surface area contributed by atoms with Gasteiger partial charge in [0.25, 0.3) is 5.91 Å². The summed E-state index contributed by atoms with van der Waals surface area (Å²) in [5.74, 6) is -0.806. The second-order valence-electron chi connectivity index (χ2n) is 7.07. The van der Waals surface area contributed by atoms with Crippen molar-refractivity contribution in [3.63, 3.8) is 0 Å². The molecule has 6 nitrogen and oxygen atoms in total. The third-order valence-corrected chi connectivity index (χ3v) is 5.67. The SMILES string of the molecule is COc1cc(C=C2SC(=Nc3ccccc3C)NC2=O)ccc1OC(=O)c1ccc(F)cc1. The van der Waals surface area contributed by atoms with Crippen molar-refractivity contribution in [1.29, 1.82) is 0 Å². The molecule has 3 aromatic rings. The molecule has 0 unspecified atom stereocenters. The summed E-state index contributed by atoms with van der Waals surface area (Å²) < 4.78 is 23.8. The third-order valence-electron chi connectivity index (χ3n) is 4.76. The van der Waals surface area contributed by atoms with Crippen molar-refractivity contribution < 1.29 is 23.5 Å². The van der Waals surface area contributed by atoms with Crippen LogP contribution in [-0.2, 0) is 4.79 Å². The van der Waals surface area contributed by atoms with E-state index < -0.39 is 11.8 Å². The molecule has 1 fully saturated rings. The highest BCUT2D eigenvalue weighted by molar-refractivity contribution is 8.18. The number of halogens is 1. The Hall–Kier alpha value is -3.91. The lowest BCUT2D eigenvalue weighted by Gasteiger charge is -2.10. The fraction of sp³-hybridized carbons (Fsp3) is 0.0800. The van der Waals surface area contributed by atoms with Crippen LogP contribution in [0.15, 0.2) is 76.6 Å². The first-order chi connectivity index (χ1) is 15.9. The Labute approximate surface area is 194 Å². The number of aliphatic imine (C=N–C) groups is 1. The lowest BCUT2D eigenvalue weighted by Crippen LogP contribution is -2.19. The number of carbonyl (C=O) groups excluding carboxylic acids is 2. The van der Waals surface area contributed by atoms with Crippen molar-refractivity contribution >= 4 is 40.6 Å². The van der Waals surface area contributed by atoms with Crippen molar-refractivity contribution in [1.82, 2.24) is 5.32 Å². The van der Waals surface area contributed by atoms with Crippen LogP contribution in [0.1, 0.15) is 21.5 Å². The molecule has 33 heavy (non-hydrogen) atoms. The number of para-hydroxylation sites is 1. The summed E-state index contributed by atoms with van der Waals surface area (Å²) in [4.78, 5) is 29.7. The van der Waals surface area contributed by atoms with E-state index in [-0.39, 0.29) is 17.2 Å². The van der Waals surface area contributed by atoms with Crippen LogP contribution in [0.25, 0.3) is 6.08 Å². The molecule has 166 valence electrons. The molecule has 8 heteroatoms. The van der Waals surface area contributed by atoms with Crippen LogP contribution in [0.2, 0.25) is 0 Å². The number of amides is 1. The molecule has 0 aliphatic carbocycles. The fourth-order valence-electron chi connectivity index (χ4n) is 3.03. The van der Waals surface area contributed by atoms with Gasteiger partial charge in [-0.1, -0.05) is 24.3 Å². The number of rotatable bonds is 5. The molecule has 4 rings (SSSR count). The molecule has 0 bridgehead atoms. The van der Waals surface area contributed by atoms with Gasteiger partial charge >= 0.3 is 5.97 Å². The molecule has 0 spiro atoms. The van der Waals surface area contributed by atoms with Gasteiger partial charge in [0.05, 0.1) is 23.3 Å². The maximum atomic E-state index is 13.1. The highest BCUT2D eigenvalue weighted by atomic mass is 32.2. The largest absolute Gasteiger partial charge is 0.493 e. The molecule has 1 amide bonds. The summed E-state index contributed by atoms with van der Waals surface area (Å²) in [5.41, 5.74) is 2.69. The van der Waals surface area contributed by atoms with Gasteiger partial charge in [-0.25, -0.2) is 14.2 Å². The number of carbonyl (C=O) groups is 2. The normalized spacial score (nSPS) is 15.5. The summed E-state index contributed by atoms with van der Waals surface area (Å²) in [6.45, 7) is 1.95. The molecule has 1 aliphatic rings. The Kier molecular flexibility index (Phi) is 6.55. The molecule has 3 aromatic carbocycles. The minimum Gasteiger partial charge on any atom is -0.493 e. The molecule has 1 heterocycles. The van der Waals surface area contributed by atoms with E-state index in [1.807, 2.05) is 31.2 Å². The topological polar surface area (TPSA) is 77.0 Å². The minimum atomic E-state index is -0.637. The van der Waals surface area contributed by atoms with Crippen molar-refractivity contribution in [2.75, 3.05) is 7.11 Å². The Morgan fingerprint density at radius 2 is 1.82 bits per heavy atom. The smallest absolute Gasteiger partial charge is 0.343 e. The second-order valence-corrected chi connectivity index (χ2v) is 8.11. The summed E-state index contributed by atoms with van der Waals surface area (Å²) >= 11 is 1.24. The standard InChI is InChI=1S/C25H19FN2O4S/c1-15-5-3-4-6-19(15)27-25-28-23(29)22(33-25)14-16-7-12-20(21(13-16)31-2)32-24(30)17-8-10-18(26)11-9-17/h3-14H,1-2H3,(H,27,28,29). The first-order valence-corrected chi connectivity index (χ1v) is 10.8. The zero-order valence-electron chi connectivity index (χ0n) is 17.8. The maximum absolute atomic E-state index is 13.1. The summed E-state index contributed by atoms with van der Waals surface area (Å²) in [7, 11) is 1.45. The van der Waals surface area contributed by atoms with Crippen molar-refractivity contribution in [3.8, 4) is 11.5 Å². The number of thioether (sulfide) groups is 1. The minimum absolute atomic E-state index is 0.208. The van der Waals surface area contributed by atoms with E-state index in [2.05, 4.69) is 10.3 Å². The Morgan fingerprint density at radius 3 is 2.55 bits per heavy atom. The number of aryl methyl sites for hydroxylation is 1. The third kappa shape index (κ3) is 5.30. The van der Waals surface area contributed by atoms with Crippen LogP contribution in [0.3, 0.4) is 0 Å². The molecular formula is C25H19FN2O4S. The van der Waals surface area contributed by atoms with E-state index in [1.165, 1.54) is 43.1 Å². The molecule has 0 aromatic heterocycles. The van der Waals surface area contributed by atoms with E-state index in [0.29, 0.717) is 21.4 Å². The summed E-state index contributed by atoms with van der Waals surface area (Å²) in [6, 6.07) is 17.6. The summed E-state index contributed by atoms with van der Waals surface area (Å²) in [5, 5.41) is 3.26. The molecule has 1 saturated heterocycles. The van der Waals surface area contributed by atoms with Gasteiger partial charge in [0.2, 0.25) is 0 Å². The van der Waals surface area contributed by atoms with E-state index >= 15 is 0 Å². The summed E-state index contributed by atoms with van der Waals surface area (Å²) in [6.07, 6.45) is 1.70. The Bertz CT molecular complexity index is 1290. The van der Waals surface area contributed by atoms with Crippen LogP contribution >= 0.6 is 11.8 Å². The van der Waals surface area contributed by atoms with Gasteiger partial charge in [-0.15, -0.1) is 0 Å². The molecule has 0 saturated carbocycles. The van der Waals surface area contributed by atoms with Crippen LogP contribution in [-0.4, -0.2) is 24.2 Å². The van der Waals surface area contributed by atoms with Gasteiger partial charge < -0.3 is 14.8 Å². The highest BCUT2D eigenvalue weighted by Crippen LogP contribution is 2.33. The van der Waals surface area contributed by atoms with Gasteiger partial charge in [-0.2, -0.15) is 0 Å². The Morgan fingerprint density at radius 1 is 1.06 bits per heavy atom. The number of hydrogen-bond donors (Lipinski definition) is 1. The number of methoxy groups -OCH3 is 1. The van der Waals surface area contributed by atoms with Gasteiger partial charge in [0, 0.05) is 0 Å². The van der Waals surface area contributed by atoms with Crippen molar-refractivity contribution in [3.05, 3.63) is 94.1 Å². The van der Waals surface area contributed by atoms with E-state index in [4.69, 9.17) is 9.47 Å². The number of hydrogen-bond acceptors (Lipinski definition) is 6. The molecule has 1 aliphatic heterocycles. The first-order valence-electron chi connectivity index (χ1n) is 9.94. The Balaban J connectivity index is 1.52. The zero-order valence-corrected chi connectivity index (χ0v) is 18.6. The quantitative estimate of drug-likeness (QED) is 0.318. The molecule has 0 radical (unpaired) electrons. The van der Waals surface area contributed by atoms with Crippen LogP contribution in [0.4, 0.5) is 10.1 Å². The van der Waals surface area contributed by atoms with E-state index in [0.717, 1.165) is 11.3 Å². The van der Waals surface area contributed by atoms with E-state index in [1.54, 1.807) is 24.3 Å². The highest BCUT2D eigenvalue weighted by Gasteiger charge is 2.24. The predicted molar refractivity (Wildman–Crippen MR) is 126 cm³/mol. The lowest BCUT2D eigenvalue weighted by molar-refractivity contribution is -0.115. The number of amidine groups is 1.